The Morgan fingerprint density at radius 1 is 1.47 bits per heavy atom. The Balaban J connectivity index is 1.84. The van der Waals surface area contributed by atoms with E-state index in [4.69, 9.17) is 9.63 Å². The van der Waals surface area contributed by atoms with Gasteiger partial charge in [-0.1, -0.05) is 5.16 Å². The van der Waals surface area contributed by atoms with Gasteiger partial charge in [0, 0.05) is 18.3 Å². The normalized spacial score (nSPS) is 13.6. The van der Waals surface area contributed by atoms with E-state index < -0.39 is 5.97 Å². The van der Waals surface area contributed by atoms with Crippen molar-refractivity contribution in [3.05, 3.63) is 46.8 Å². The number of aryl methyl sites for hydroxylation is 1. The summed E-state index contributed by atoms with van der Waals surface area (Å²) in [7, 11) is 0. The largest absolute Gasteiger partial charge is 0.478 e. The average Bonchev–Trinajstić information content (AvgIpc) is 2.96. The number of aromatic nitrogens is 1. The van der Waals surface area contributed by atoms with Gasteiger partial charge in [0.1, 0.15) is 11.5 Å². The molecule has 5 heteroatoms. The van der Waals surface area contributed by atoms with Crippen molar-refractivity contribution in [2.45, 2.75) is 19.9 Å². The molecule has 1 aromatic carbocycles. The first-order chi connectivity index (χ1) is 9.13. The molecule has 0 atom stereocenters. The quantitative estimate of drug-likeness (QED) is 0.914. The summed E-state index contributed by atoms with van der Waals surface area (Å²) in [6.45, 7) is 3.44. The zero-order valence-corrected chi connectivity index (χ0v) is 10.6. The number of nitrogens with zero attached hydrogens (tertiary/aromatic N) is 2. The second kappa shape index (κ2) is 4.42. The Hall–Kier alpha value is -2.30. The van der Waals surface area contributed by atoms with Gasteiger partial charge in [0.05, 0.1) is 12.1 Å². The van der Waals surface area contributed by atoms with Crippen LogP contribution in [0, 0.1) is 6.92 Å². The molecule has 1 aliphatic heterocycles. The molecule has 0 unspecified atom stereocenters. The van der Waals surface area contributed by atoms with Gasteiger partial charge in [0.2, 0.25) is 0 Å². The molecule has 5 nitrogen and oxygen atoms in total. The molecule has 98 valence electrons. The summed E-state index contributed by atoms with van der Waals surface area (Å²) in [5.74, 6) is -0.0796. The number of aromatic carboxylic acids is 1. The third-order valence-electron chi connectivity index (χ3n) is 3.35. The summed E-state index contributed by atoms with van der Waals surface area (Å²) in [6, 6.07) is 7.20. The molecule has 2 heterocycles. The summed E-state index contributed by atoms with van der Waals surface area (Å²) in [5.41, 5.74) is 3.41. The Kier molecular flexibility index (Phi) is 2.74. The van der Waals surface area contributed by atoms with E-state index in [-0.39, 0.29) is 0 Å². The molecule has 0 bridgehead atoms. The topological polar surface area (TPSA) is 66.6 Å². The molecule has 0 fully saturated rings. The van der Waals surface area contributed by atoms with Crippen molar-refractivity contribution in [1.29, 1.82) is 0 Å². The van der Waals surface area contributed by atoms with Gasteiger partial charge in [-0.3, -0.25) is 0 Å². The van der Waals surface area contributed by atoms with Crippen molar-refractivity contribution in [2.75, 3.05) is 11.4 Å². The lowest BCUT2D eigenvalue weighted by Gasteiger charge is -2.17. The zero-order chi connectivity index (χ0) is 13.4. The van der Waals surface area contributed by atoms with Crippen LogP contribution in [0.5, 0.6) is 0 Å². The molecule has 0 aliphatic carbocycles. The maximum atomic E-state index is 10.9. The molecule has 0 amide bonds. The van der Waals surface area contributed by atoms with Crippen molar-refractivity contribution in [2.24, 2.45) is 0 Å². The minimum atomic E-state index is -0.881. The van der Waals surface area contributed by atoms with E-state index in [2.05, 4.69) is 10.1 Å². The molecule has 2 aromatic rings. The number of carbonyl (C=O) groups is 1. The van der Waals surface area contributed by atoms with E-state index in [9.17, 15) is 4.79 Å². The summed E-state index contributed by atoms with van der Waals surface area (Å²) in [5, 5.41) is 13.0. The number of hydrogen-bond donors (Lipinski definition) is 1. The van der Waals surface area contributed by atoms with Crippen molar-refractivity contribution >= 4 is 11.7 Å². The Morgan fingerprint density at radius 3 is 3.00 bits per heavy atom. The lowest BCUT2D eigenvalue weighted by Crippen LogP contribution is -2.19. The summed E-state index contributed by atoms with van der Waals surface area (Å²) >= 11 is 0. The van der Waals surface area contributed by atoms with Gasteiger partial charge >= 0.3 is 5.97 Å². The molecule has 0 radical (unpaired) electrons. The number of carboxylic acid groups (broad SMARTS) is 1. The molecular formula is C14H14N2O3. The molecule has 1 aromatic heterocycles. The molecule has 0 spiro atoms. The van der Waals surface area contributed by atoms with Crippen LogP contribution in [0.3, 0.4) is 0 Å². The molecule has 0 saturated carbocycles. The Morgan fingerprint density at radius 2 is 2.32 bits per heavy atom. The fourth-order valence-corrected chi connectivity index (χ4v) is 2.46. The molecule has 3 rings (SSSR count). The minimum Gasteiger partial charge on any atom is -0.478 e. The van der Waals surface area contributed by atoms with Crippen LogP contribution in [0.2, 0.25) is 0 Å². The van der Waals surface area contributed by atoms with Crippen LogP contribution in [-0.4, -0.2) is 22.8 Å². The minimum absolute atomic E-state index is 0.345. The predicted molar refractivity (Wildman–Crippen MR) is 69.4 cm³/mol. The van der Waals surface area contributed by atoms with Gasteiger partial charge in [-0.15, -0.1) is 0 Å². The fraction of sp³-hybridized carbons (Fsp3) is 0.286. The smallest absolute Gasteiger partial charge is 0.335 e. The lowest BCUT2D eigenvalue weighted by atomic mass is 10.1. The monoisotopic (exact) mass is 258 g/mol. The number of benzene rings is 1. The number of hydrogen-bond acceptors (Lipinski definition) is 4. The van der Waals surface area contributed by atoms with E-state index in [0.717, 1.165) is 35.7 Å². The first kappa shape index (κ1) is 11.8. The first-order valence-electron chi connectivity index (χ1n) is 6.17. The van der Waals surface area contributed by atoms with Gasteiger partial charge in [0.15, 0.2) is 0 Å². The molecule has 19 heavy (non-hydrogen) atoms. The SMILES string of the molecule is Cc1cc(CN2CCc3cc(C(=O)O)ccc32)no1. The van der Waals surface area contributed by atoms with Gasteiger partial charge in [0.25, 0.3) is 0 Å². The highest BCUT2D eigenvalue weighted by Gasteiger charge is 2.21. The highest BCUT2D eigenvalue weighted by molar-refractivity contribution is 5.88. The van der Waals surface area contributed by atoms with Crippen LogP contribution in [0.15, 0.2) is 28.8 Å². The van der Waals surface area contributed by atoms with E-state index >= 15 is 0 Å². The maximum Gasteiger partial charge on any atom is 0.335 e. The first-order valence-corrected chi connectivity index (χ1v) is 6.17. The van der Waals surface area contributed by atoms with Crippen LogP contribution in [0.4, 0.5) is 5.69 Å². The van der Waals surface area contributed by atoms with Crippen molar-refractivity contribution in [3.8, 4) is 0 Å². The van der Waals surface area contributed by atoms with Crippen molar-refractivity contribution in [3.63, 3.8) is 0 Å². The second-order valence-electron chi connectivity index (χ2n) is 4.75. The highest BCUT2D eigenvalue weighted by atomic mass is 16.5. The number of carboxylic acids is 1. The maximum absolute atomic E-state index is 10.9. The number of fused-ring (bicyclic) bond motifs is 1. The molecule has 0 saturated heterocycles. The average molecular weight is 258 g/mol. The fourth-order valence-electron chi connectivity index (χ4n) is 2.46. The third-order valence-corrected chi connectivity index (χ3v) is 3.35. The third kappa shape index (κ3) is 2.19. The summed E-state index contributed by atoms with van der Waals surface area (Å²) in [4.78, 5) is 13.1. The van der Waals surface area contributed by atoms with Crippen LogP contribution >= 0.6 is 0 Å². The van der Waals surface area contributed by atoms with Crippen LogP contribution < -0.4 is 4.90 Å². The lowest BCUT2D eigenvalue weighted by molar-refractivity contribution is 0.0697. The van der Waals surface area contributed by atoms with Crippen LogP contribution in [-0.2, 0) is 13.0 Å². The standard InChI is InChI=1S/C14H14N2O3/c1-9-6-12(15-19-9)8-16-5-4-10-7-11(14(17)18)2-3-13(10)16/h2-3,6-7H,4-5,8H2,1H3,(H,17,18). The van der Waals surface area contributed by atoms with Crippen LogP contribution in [0.1, 0.15) is 27.4 Å². The predicted octanol–water partition coefficient (Wildman–Crippen LogP) is 2.24. The van der Waals surface area contributed by atoms with E-state index in [1.807, 2.05) is 19.1 Å². The Bertz CT molecular complexity index is 633. The zero-order valence-electron chi connectivity index (χ0n) is 10.6. The van der Waals surface area contributed by atoms with Crippen molar-refractivity contribution in [1.82, 2.24) is 5.16 Å². The summed E-state index contributed by atoms with van der Waals surface area (Å²) < 4.78 is 5.06. The second-order valence-corrected chi connectivity index (χ2v) is 4.75. The molecule has 1 N–H and O–H groups in total. The van der Waals surface area contributed by atoms with E-state index in [0.29, 0.717) is 12.1 Å². The number of rotatable bonds is 3. The number of anilines is 1. The van der Waals surface area contributed by atoms with Gasteiger partial charge in [-0.2, -0.15) is 0 Å². The highest BCUT2D eigenvalue weighted by Crippen LogP contribution is 2.30. The molecular weight excluding hydrogens is 244 g/mol. The van der Waals surface area contributed by atoms with Crippen molar-refractivity contribution < 1.29 is 14.4 Å². The van der Waals surface area contributed by atoms with Gasteiger partial charge in [-0.05, 0) is 37.1 Å². The van der Waals surface area contributed by atoms with Gasteiger partial charge in [-0.25, -0.2) is 4.79 Å². The Labute approximate surface area is 110 Å². The van der Waals surface area contributed by atoms with Crippen LogP contribution in [0.25, 0.3) is 0 Å². The van der Waals surface area contributed by atoms with E-state index in [1.54, 1.807) is 12.1 Å². The van der Waals surface area contributed by atoms with Gasteiger partial charge < -0.3 is 14.5 Å². The molecule has 1 aliphatic rings. The summed E-state index contributed by atoms with van der Waals surface area (Å²) in [6.07, 6.45) is 0.868. The van der Waals surface area contributed by atoms with E-state index in [1.165, 1.54) is 0 Å².